The van der Waals surface area contributed by atoms with Crippen LogP contribution in [0.3, 0.4) is 0 Å². The van der Waals surface area contributed by atoms with Gasteiger partial charge < -0.3 is 14.6 Å². The van der Waals surface area contributed by atoms with Crippen LogP contribution >= 0.6 is 0 Å². The van der Waals surface area contributed by atoms with E-state index in [1.54, 1.807) is 0 Å². The molecule has 5 heteroatoms. The molecule has 2 saturated carbocycles. The number of ether oxygens (including phenoxy) is 2. The van der Waals surface area contributed by atoms with Crippen molar-refractivity contribution < 1.29 is 24.2 Å². The molecule has 0 amide bonds. The normalized spacial score (nSPS) is 40.5. The maximum atomic E-state index is 12.1. The number of aliphatic hydroxyl groups excluding tert-OH is 1. The van der Waals surface area contributed by atoms with Gasteiger partial charge in [-0.15, -0.1) is 0 Å². The van der Waals surface area contributed by atoms with Crippen LogP contribution in [0.4, 0.5) is 0 Å². The van der Waals surface area contributed by atoms with E-state index < -0.39 is 17.6 Å². The standard InChI is InChI=1S/C20H28O5/c1-10(2)8-16(22)24-14-9-15(21)20(5)7-6-13-11(3)19(23)25-18(13)17(20)12(14)4/h10,13-15,17-18,21H,3-4,6-9H2,1-2,5H3/t13-,14-,15+,17+,18-,20-/m0/s1. The third-order valence-corrected chi connectivity index (χ3v) is 6.24. The lowest BCUT2D eigenvalue weighted by atomic mass is 9.53. The van der Waals surface area contributed by atoms with Crippen LogP contribution < -0.4 is 0 Å². The summed E-state index contributed by atoms with van der Waals surface area (Å²) >= 11 is 0. The van der Waals surface area contributed by atoms with Crippen molar-refractivity contribution in [3.63, 3.8) is 0 Å². The lowest BCUT2D eigenvalue weighted by molar-refractivity contribution is -0.167. The second-order valence-corrected chi connectivity index (χ2v) is 8.43. The van der Waals surface area contributed by atoms with Crippen molar-refractivity contribution in [1.29, 1.82) is 0 Å². The molecule has 2 aliphatic carbocycles. The molecule has 1 saturated heterocycles. The Kier molecular flexibility index (Phi) is 4.56. The number of esters is 2. The van der Waals surface area contributed by atoms with E-state index in [0.29, 0.717) is 18.4 Å². The van der Waals surface area contributed by atoms with E-state index in [4.69, 9.17) is 9.47 Å². The molecule has 0 bridgehead atoms. The van der Waals surface area contributed by atoms with E-state index in [-0.39, 0.29) is 35.8 Å². The fourth-order valence-electron chi connectivity index (χ4n) is 4.76. The van der Waals surface area contributed by atoms with Crippen molar-refractivity contribution in [2.75, 3.05) is 0 Å². The number of carbonyl (C=O) groups excluding carboxylic acids is 2. The van der Waals surface area contributed by atoms with Gasteiger partial charge in [0.1, 0.15) is 12.2 Å². The summed E-state index contributed by atoms with van der Waals surface area (Å²) < 4.78 is 11.2. The van der Waals surface area contributed by atoms with Gasteiger partial charge in [-0.2, -0.15) is 0 Å². The number of aliphatic hydroxyl groups is 1. The molecule has 0 radical (unpaired) electrons. The predicted molar refractivity (Wildman–Crippen MR) is 92.4 cm³/mol. The fourth-order valence-corrected chi connectivity index (χ4v) is 4.76. The molecule has 1 heterocycles. The first-order chi connectivity index (χ1) is 11.6. The van der Waals surface area contributed by atoms with Crippen LogP contribution in [0.15, 0.2) is 24.3 Å². The molecule has 0 unspecified atom stereocenters. The third-order valence-electron chi connectivity index (χ3n) is 6.24. The summed E-state index contributed by atoms with van der Waals surface area (Å²) in [5, 5.41) is 10.8. The van der Waals surface area contributed by atoms with Crippen molar-refractivity contribution in [2.45, 2.75) is 64.8 Å². The van der Waals surface area contributed by atoms with Gasteiger partial charge in [0.2, 0.25) is 0 Å². The molecule has 3 fully saturated rings. The van der Waals surface area contributed by atoms with E-state index in [1.165, 1.54) is 0 Å². The second-order valence-electron chi connectivity index (χ2n) is 8.43. The molecule has 3 rings (SSSR count). The Morgan fingerprint density at radius 1 is 1.44 bits per heavy atom. The molecule has 1 N–H and O–H groups in total. The molecule has 1 aliphatic heterocycles. The highest BCUT2D eigenvalue weighted by atomic mass is 16.6. The van der Waals surface area contributed by atoms with Crippen molar-refractivity contribution in [1.82, 2.24) is 0 Å². The van der Waals surface area contributed by atoms with Crippen LogP contribution in [-0.2, 0) is 19.1 Å². The van der Waals surface area contributed by atoms with Crippen LogP contribution in [0.1, 0.15) is 46.5 Å². The Morgan fingerprint density at radius 2 is 2.12 bits per heavy atom. The summed E-state index contributed by atoms with van der Waals surface area (Å²) in [6.07, 6.45) is 0.680. The summed E-state index contributed by atoms with van der Waals surface area (Å²) in [5.41, 5.74) is 0.833. The molecular formula is C20H28O5. The van der Waals surface area contributed by atoms with Crippen LogP contribution in [0, 0.1) is 23.2 Å². The molecule has 0 aromatic carbocycles. The molecule has 3 aliphatic rings. The summed E-state index contributed by atoms with van der Waals surface area (Å²) in [4.78, 5) is 24.1. The number of hydrogen-bond acceptors (Lipinski definition) is 5. The smallest absolute Gasteiger partial charge is 0.334 e. The molecule has 138 valence electrons. The molecule has 0 aromatic rings. The first-order valence-corrected chi connectivity index (χ1v) is 9.11. The van der Waals surface area contributed by atoms with E-state index >= 15 is 0 Å². The SMILES string of the molecule is C=C1[C@@H](OC(=O)CC(C)C)C[C@@H](O)[C@]2(C)CC[C@H]3C(=C)C(=O)O[C@@H]3[C@@H]12. The maximum absolute atomic E-state index is 12.1. The van der Waals surface area contributed by atoms with Crippen molar-refractivity contribution in [3.8, 4) is 0 Å². The average Bonchev–Trinajstić information content (AvgIpc) is 2.78. The monoisotopic (exact) mass is 348 g/mol. The zero-order valence-corrected chi connectivity index (χ0v) is 15.3. The van der Waals surface area contributed by atoms with Gasteiger partial charge in [0.15, 0.2) is 0 Å². The lowest BCUT2D eigenvalue weighted by Gasteiger charge is -2.54. The van der Waals surface area contributed by atoms with Gasteiger partial charge in [0, 0.05) is 35.7 Å². The maximum Gasteiger partial charge on any atom is 0.334 e. The Balaban J connectivity index is 1.85. The lowest BCUT2D eigenvalue weighted by Crippen LogP contribution is -2.56. The van der Waals surface area contributed by atoms with Gasteiger partial charge in [-0.3, -0.25) is 4.79 Å². The van der Waals surface area contributed by atoms with Crippen LogP contribution in [0.25, 0.3) is 0 Å². The zero-order valence-electron chi connectivity index (χ0n) is 15.3. The Bertz CT molecular complexity index is 622. The summed E-state index contributed by atoms with van der Waals surface area (Å²) in [6.45, 7) is 14.0. The van der Waals surface area contributed by atoms with Crippen molar-refractivity contribution in [3.05, 3.63) is 24.3 Å². The average molecular weight is 348 g/mol. The van der Waals surface area contributed by atoms with Crippen LogP contribution in [0.5, 0.6) is 0 Å². The second kappa shape index (κ2) is 6.27. The minimum absolute atomic E-state index is 0.0420. The first-order valence-electron chi connectivity index (χ1n) is 9.11. The summed E-state index contributed by atoms with van der Waals surface area (Å²) in [7, 11) is 0. The highest BCUT2D eigenvalue weighted by Gasteiger charge is 2.60. The van der Waals surface area contributed by atoms with Gasteiger partial charge in [0.05, 0.1) is 6.10 Å². The third kappa shape index (κ3) is 2.92. The Labute approximate surface area is 149 Å². The zero-order chi connectivity index (χ0) is 18.5. The highest BCUT2D eigenvalue weighted by molar-refractivity contribution is 5.91. The number of carbonyl (C=O) groups is 2. The van der Waals surface area contributed by atoms with Gasteiger partial charge in [-0.1, -0.05) is 33.9 Å². The highest BCUT2D eigenvalue weighted by Crippen LogP contribution is 2.57. The first kappa shape index (κ1) is 18.2. The van der Waals surface area contributed by atoms with Gasteiger partial charge in [-0.25, -0.2) is 4.79 Å². The van der Waals surface area contributed by atoms with E-state index in [0.717, 1.165) is 18.4 Å². The van der Waals surface area contributed by atoms with Gasteiger partial charge in [-0.05, 0) is 24.3 Å². The summed E-state index contributed by atoms with van der Waals surface area (Å²) in [5.74, 6) is -0.704. The molecule has 6 atom stereocenters. The molecular weight excluding hydrogens is 320 g/mol. The van der Waals surface area contributed by atoms with Crippen molar-refractivity contribution >= 4 is 11.9 Å². The molecule has 25 heavy (non-hydrogen) atoms. The largest absolute Gasteiger partial charge is 0.458 e. The van der Waals surface area contributed by atoms with Gasteiger partial charge >= 0.3 is 11.9 Å². The van der Waals surface area contributed by atoms with Crippen molar-refractivity contribution in [2.24, 2.45) is 23.2 Å². The fraction of sp³-hybridized carbons (Fsp3) is 0.700. The Morgan fingerprint density at radius 3 is 2.76 bits per heavy atom. The number of fused-ring (bicyclic) bond motifs is 3. The topological polar surface area (TPSA) is 72.8 Å². The van der Waals surface area contributed by atoms with E-state index in [2.05, 4.69) is 13.2 Å². The minimum atomic E-state index is -0.631. The van der Waals surface area contributed by atoms with Crippen LogP contribution in [-0.4, -0.2) is 35.4 Å². The summed E-state index contributed by atoms with van der Waals surface area (Å²) in [6, 6.07) is 0. The number of hydrogen-bond donors (Lipinski definition) is 1. The molecule has 0 aromatic heterocycles. The molecule has 0 spiro atoms. The van der Waals surface area contributed by atoms with E-state index in [1.807, 2.05) is 20.8 Å². The predicted octanol–water partition coefficient (Wildman–Crippen LogP) is 2.78. The molecule has 5 nitrogen and oxygen atoms in total. The number of rotatable bonds is 3. The van der Waals surface area contributed by atoms with E-state index in [9.17, 15) is 14.7 Å². The van der Waals surface area contributed by atoms with Crippen LogP contribution in [0.2, 0.25) is 0 Å². The quantitative estimate of drug-likeness (QED) is 0.482. The Hall–Kier alpha value is -1.62. The van der Waals surface area contributed by atoms with Gasteiger partial charge in [0.25, 0.3) is 0 Å². The minimum Gasteiger partial charge on any atom is -0.458 e.